The Morgan fingerprint density at radius 1 is 1.33 bits per heavy atom. The summed E-state index contributed by atoms with van der Waals surface area (Å²) in [6.45, 7) is 6.20. The molecule has 0 radical (unpaired) electrons. The zero-order valence-corrected chi connectivity index (χ0v) is 13.1. The van der Waals surface area contributed by atoms with Crippen LogP contribution in [0.25, 0.3) is 0 Å². The van der Waals surface area contributed by atoms with Gasteiger partial charge in [-0.3, -0.25) is 10.1 Å². The fourth-order valence-electron chi connectivity index (χ4n) is 2.57. The van der Waals surface area contributed by atoms with Crippen LogP contribution in [0.2, 0.25) is 0 Å². The van der Waals surface area contributed by atoms with Gasteiger partial charge in [-0.15, -0.1) is 0 Å². The van der Waals surface area contributed by atoms with E-state index in [1.165, 1.54) is 4.31 Å². The maximum absolute atomic E-state index is 12.8. The topological polar surface area (TPSA) is 92.6 Å². The zero-order valence-electron chi connectivity index (χ0n) is 12.3. The van der Waals surface area contributed by atoms with Crippen LogP contribution in [0.5, 0.6) is 0 Å². The minimum atomic E-state index is -3.87. The van der Waals surface area contributed by atoms with E-state index < -0.39 is 14.9 Å². The Bertz CT molecular complexity index is 672. The first-order valence-corrected chi connectivity index (χ1v) is 8.17. The molecule has 1 unspecified atom stereocenters. The number of piperazine rings is 1. The van der Waals surface area contributed by atoms with Crippen LogP contribution in [0.1, 0.15) is 18.1 Å². The van der Waals surface area contributed by atoms with Crippen LogP contribution in [0.3, 0.4) is 0 Å². The minimum Gasteiger partial charge on any atom is -0.312 e. The van der Waals surface area contributed by atoms with E-state index in [4.69, 9.17) is 0 Å². The number of nitrogens with zero attached hydrogens (tertiary/aromatic N) is 2. The third kappa shape index (κ3) is 2.92. The average Bonchev–Trinajstić information content (AvgIpc) is 2.40. The van der Waals surface area contributed by atoms with Crippen molar-refractivity contribution < 1.29 is 13.3 Å². The normalized spacial score (nSPS) is 20.4. The second-order valence-corrected chi connectivity index (χ2v) is 7.23. The lowest BCUT2D eigenvalue weighted by atomic mass is 10.1. The number of hydrogen-bond donors (Lipinski definition) is 1. The van der Waals surface area contributed by atoms with Crippen molar-refractivity contribution in [2.24, 2.45) is 0 Å². The van der Waals surface area contributed by atoms with Gasteiger partial charge in [0, 0.05) is 31.2 Å². The summed E-state index contributed by atoms with van der Waals surface area (Å²) in [5.74, 6) is 0. The van der Waals surface area contributed by atoms with E-state index in [0.29, 0.717) is 30.8 Å². The summed E-state index contributed by atoms with van der Waals surface area (Å²) >= 11 is 0. The van der Waals surface area contributed by atoms with Crippen LogP contribution in [-0.4, -0.2) is 43.3 Å². The van der Waals surface area contributed by atoms with Gasteiger partial charge in [0.2, 0.25) is 10.0 Å². The maximum atomic E-state index is 12.8. The molecule has 1 N–H and O–H groups in total. The highest BCUT2D eigenvalue weighted by Crippen LogP contribution is 2.33. The summed E-state index contributed by atoms with van der Waals surface area (Å²) in [7, 11) is -3.87. The molecule has 1 saturated heterocycles. The third-order valence-electron chi connectivity index (χ3n) is 3.64. The quantitative estimate of drug-likeness (QED) is 0.668. The number of nitrogens with one attached hydrogen (secondary N) is 1. The minimum absolute atomic E-state index is 0.0256. The van der Waals surface area contributed by atoms with Gasteiger partial charge in [-0.2, -0.15) is 4.31 Å². The van der Waals surface area contributed by atoms with E-state index in [-0.39, 0.29) is 16.6 Å². The van der Waals surface area contributed by atoms with E-state index in [1.807, 2.05) is 6.92 Å². The molecular formula is C13H19N3O4S. The van der Waals surface area contributed by atoms with E-state index in [1.54, 1.807) is 26.0 Å². The summed E-state index contributed by atoms with van der Waals surface area (Å²) in [4.78, 5) is 10.5. The molecule has 0 bridgehead atoms. The zero-order chi connectivity index (χ0) is 15.8. The number of sulfonamides is 1. The largest absolute Gasteiger partial charge is 0.312 e. The average molecular weight is 313 g/mol. The molecule has 0 saturated carbocycles. The summed E-state index contributed by atoms with van der Waals surface area (Å²) in [6.07, 6.45) is 0. The van der Waals surface area contributed by atoms with Crippen molar-refractivity contribution in [3.8, 4) is 0 Å². The number of aryl methyl sites for hydroxylation is 2. The molecule has 1 aliphatic heterocycles. The molecule has 1 atom stereocenters. The highest BCUT2D eigenvalue weighted by molar-refractivity contribution is 7.89. The van der Waals surface area contributed by atoms with Gasteiger partial charge in [0.1, 0.15) is 0 Å². The van der Waals surface area contributed by atoms with Gasteiger partial charge in [0.15, 0.2) is 4.90 Å². The molecule has 2 rings (SSSR count). The number of hydrogen-bond acceptors (Lipinski definition) is 5. The fraction of sp³-hybridized carbons (Fsp3) is 0.538. The van der Waals surface area contributed by atoms with E-state index in [2.05, 4.69) is 5.32 Å². The Kier molecular flexibility index (Phi) is 4.31. The van der Waals surface area contributed by atoms with E-state index in [9.17, 15) is 18.5 Å². The Balaban J connectivity index is 2.59. The van der Waals surface area contributed by atoms with E-state index >= 15 is 0 Å². The first-order chi connectivity index (χ1) is 9.75. The standard InChI is InChI=1S/C13H19N3O4S/c1-9-4-5-10(2)13(12(9)16(17)18)21(19,20)15-7-6-14-11(3)8-15/h4-5,11,14H,6-8H2,1-3H3. The molecule has 116 valence electrons. The molecule has 8 heteroatoms. The molecule has 0 aliphatic carbocycles. The number of benzene rings is 1. The fourth-order valence-corrected chi connectivity index (χ4v) is 4.53. The number of nitro groups is 1. The monoisotopic (exact) mass is 313 g/mol. The van der Waals surface area contributed by atoms with Gasteiger partial charge in [0.05, 0.1) is 4.92 Å². The molecule has 1 heterocycles. The molecule has 0 amide bonds. The van der Waals surface area contributed by atoms with Crippen molar-refractivity contribution in [1.29, 1.82) is 0 Å². The lowest BCUT2D eigenvalue weighted by molar-refractivity contribution is -0.388. The molecule has 0 aromatic heterocycles. The van der Waals surface area contributed by atoms with Crippen LogP contribution >= 0.6 is 0 Å². The van der Waals surface area contributed by atoms with Crippen molar-refractivity contribution >= 4 is 15.7 Å². The Labute approximate surface area is 124 Å². The van der Waals surface area contributed by atoms with Crippen LogP contribution in [0.4, 0.5) is 5.69 Å². The Morgan fingerprint density at radius 3 is 2.52 bits per heavy atom. The van der Waals surface area contributed by atoms with Crippen LogP contribution < -0.4 is 5.32 Å². The molecule has 1 aliphatic rings. The second kappa shape index (κ2) is 5.70. The summed E-state index contributed by atoms with van der Waals surface area (Å²) in [5, 5.41) is 14.5. The van der Waals surface area contributed by atoms with Gasteiger partial charge in [-0.25, -0.2) is 8.42 Å². The highest BCUT2D eigenvalue weighted by Gasteiger charge is 2.36. The molecule has 1 fully saturated rings. The predicted molar refractivity (Wildman–Crippen MR) is 78.8 cm³/mol. The van der Waals surface area contributed by atoms with Crippen LogP contribution in [-0.2, 0) is 10.0 Å². The molecule has 1 aromatic carbocycles. The maximum Gasteiger partial charge on any atom is 0.292 e. The van der Waals surface area contributed by atoms with Crippen molar-refractivity contribution in [1.82, 2.24) is 9.62 Å². The van der Waals surface area contributed by atoms with Crippen molar-refractivity contribution in [2.75, 3.05) is 19.6 Å². The highest BCUT2D eigenvalue weighted by atomic mass is 32.2. The van der Waals surface area contributed by atoms with Gasteiger partial charge < -0.3 is 5.32 Å². The first kappa shape index (κ1) is 15.9. The molecule has 7 nitrogen and oxygen atoms in total. The summed E-state index contributed by atoms with van der Waals surface area (Å²) < 4.78 is 27.0. The second-order valence-electron chi connectivity index (χ2n) is 5.35. The number of rotatable bonds is 3. The molecule has 1 aromatic rings. The molecule has 21 heavy (non-hydrogen) atoms. The van der Waals surface area contributed by atoms with Crippen LogP contribution in [0, 0.1) is 24.0 Å². The van der Waals surface area contributed by atoms with Crippen LogP contribution in [0.15, 0.2) is 17.0 Å². The van der Waals surface area contributed by atoms with Gasteiger partial charge in [-0.05, 0) is 26.3 Å². The van der Waals surface area contributed by atoms with Crippen molar-refractivity contribution in [2.45, 2.75) is 31.7 Å². The predicted octanol–water partition coefficient (Wildman–Crippen LogP) is 1.19. The van der Waals surface area contributed by atoms with Gasteiger partial charge in [-0.1, -0.05) is 12.1 Å². The lowest BCUT2D eigenvalue weighted by Gasteiger charge is -2.31. The first-order valence-electron chi connectivity index (χ1n) is 6.73. The SMILES string of the molecule is Cc1ccc(C)c(S(=O)(=O)N2CCNC(C)C2)c1[N+](=O)[O-]. The smallest absolute Gasteiger partial charge is 0.292 e. The Morgan fingerprint density at radius 2 is 1.95 bits per heavy atom. The van der Waals surface area contributed by atoms with Gasteiger partial charge in [0.25, 0.3) is 5.69 Å². The molecule has 0 spiro atoms. The summed E-state index contributed by atoms with van der Waals surface area (Å²) in [6, 6.07) is 3.21. The van der Waals surface area contributed by atoms with Crippen molar-refractivity contribution in [3.05, 3.63) is 33.4 Å². The van der Waals surface area contributed by atoms with Gasteiger partial charge >= 0.3 is 0 Å². The number of nitro benzene ring substituents is 1. The van der Waals surface area contributed by atoms with E-state index in [0.717, 1.165) is 0 Å². The summed E-state index contributed by atoms with van der Waals surface area (Å²) in [5.41, 5.74) is 0.437. The third-order valence-corrected chi connectivity index (χ3v) is 5.68. The Hall–Kier alpha value is -1.51. The van der Waals surface area contributed by atoms with Crippen molar-refractivity contribution in [3.63, 3.8) is 0 Å². The molecular weight excluding hydrogens is 294 g/mol. The lowest BCUT2D eigenvalue weighted by Crippen LogP contribution is -2.51.